The number of benzene rings is 2. The molecule has 0 spiro atoms. The molecule has 1 heterocycles. The first-order valence-electron chi connectivity index (χ1n) is 7.75. The van der Waals surface area contributed by atoms with E-state index < -0.39 is 6.04 Å². The SMILES string of the molecule is COc1ccc(OC)c(NC(=O)C(C)Nc2nc3ccccc3s2)c1. The van der Waals surface area contributed by atoms with Gasteiger partial charge in [0.15, 0.2) is 5.13 Å². The number of thiazole rings is 1. The lowest BCUT2D eigenvalue weighted by molar-refractivity contribution is -0.116. The molecule has 7 heteroatoms. The van der Waals surface area contributed by atoms with Crippen molar-refractivity contribution in [1.29, 1.82) is 0 Å². The van der Waals surface area contributed by atoms with Crippen LogP contribution in [-0.2, 0) is 4.79 Å². The van der Waals surface area contributed by atoms with Crippen LogP contribution < -0.4 is 20.1 Å². The normalized spacial score (nSPS) is 11.8. The lowest BCUT2D eigenvalue weighted by Gasteiger charge is -2.15. The van der Waals surface area contributed by atoms with Gasteiger partial charge in [0.25, 0.3) is 0 Å². The number of ether oxygens (including phenoxy) is 2. The number of hydrogen-bond acceptors (Lipinski definition) is 6. The molecule has 3 rings (SSSR count). The first-order chi connectivity index (χ1) is 12.1. The molecular weight excluding hydrogens is 338 g/mol. The first kappa shape index (κ1) is 17.0. The fourth-order valence-corrected chi connectivity index (χ4v) is 3.29. The van der Waals surface area contributed by atoms with E-state index in [0.717, 1.165) is 10.2 Å². The zero-order chi connectivity index (χ0) is 17.8. The molecule has 0 aliphatic carbocycles. The minimum Gasteiger partial charge on any atom is -0.497 e. The van der Waals surface area contributed by atoms with Crippen LogP contribution in [0.25, 0.3) is 10.2 Å². The number of anilines is 2. The third-order valence-electron chi connectivity index (χ3n) is 3.69. The summed E-state index contributed by atoms with van der Waals surface area (Å²) < 4.78 is 11.6. The number of hydrogen-bond donors (Lipinski definition) is 2. The largest absolute Gasteiger partial charge is 0.497 e. The zero-order valence-corrected chi connectivity index (χ0v) is 15.0. The average Bonchev–Trinajstić information content (AvgIpc) is 3.03. The van der Waals surface area contributed by atoms with Crippen LogP contribution in [0.1, 0.15) is 6.92 Å². The topological polar surface area (TPSA) is 72.5 Å². The number of carbonyl (C=O) groups is 1. The van der Waals surface area contributed by atoms with Crippen molar-refractivity contribution in [1.82, 2.24) is 4.98 Å². The molecule has 1 atom stereocenters. The minimum atomic E-state index is -0.462. The summed E-state index contributed by atoms with van der Waals surface area (Å²) in [6.07, 6.45) is 0. The summed E-state index contributed by atoms with van der Waals surface area (Å²) in [6, 6.07) is 12.6. The summed E-state index contributed by atoms with van der Waals surface area (Å²) in [7, 11) is 3.13. The quantitative estimate of drug-likeness (QED) is 0.703. The molecule has 130 valence electrons. The van der Waals surface area contributed by atoms with Crippen LogP contribution in [0.4, 0.5) is 10.8 Å². The third kappa shape index (κ3) is 3.83. The maximum absolute atomic E-state index is 12.5. The Labute approximate surface area is 149 Å². The van der Waals surface area contributed by atoms with E-state index in [1.165, 1.54) is 11.3 Å². The Morgan fingerprint density at radius 1 is 1.16 bits per heavy atom. The van der Waals surface area contributed by atoms with Crippen molar-refractivity contribution in [2.75, 3.05) is 24.9 Å². The number of nitrogens with one attached hydrogen (secondary N) is 2. The number of nitrogens with zero attached hydrogens (tertiary/aromatic N) is 1. The van der Waals surface area contributed by atoms with Gasteiger partial charge in [-0.2, -0.15) is 0 Å². The Morgan fingerprint density at radius 3 is 2.68 bits per heavy atom. The predicted octanol–water partition coefficient (Wildman–Crippen LogP) is 3.75. The summed E-state index contributed by atoms with van der Waals surface area (Å²) in [4.78, 5) is 17.0. The lowest BCUT2D eigenvalue weighted by atomic mass is 10.2. The van der Waals surface area contributed by atoms with Crippen molar-refractivity contribution in [3.63, 3.8) is 0 Å². The van der Waals surface area contributed by atoms with Gasteiger partial charge in [-0.05, 0) is 31.2 Å². The lowest BCUT2D eigenvalue weighted by Crippen LogP contribution is -2.31. The highest BCUT2D eigenvalue weighted by Gasteiger charge is 2.17. The number of para-hydroxylation sites is 1. The molecule has 3 aromatic rings. The van der Waals surface area contributed by atoms with Gasteiger partial charge in [0, 0.05) is 6.07 Å². The summed E-state index contributed by atoms with van der Waals surface area (Å²) >= 11 is 1.52. The van der Waals surface area contributed by atoms with Crippen LogP contribution in [0.15, 0.2) is 42.5 Å². The number of rotatable bonds is 6. The number of aromatic nitrogens is 1. The number of fused-ring (bicyclic) bond motifs is 1. The van der Waals surface area contributed by atoms with Crippen LogP contribution in [0.2, 0.25) is 0 Å². The Bertz CT molecular complexity index is 861. The Balaban J connectivity index is 1.72. The highest BCUT2D eigenvalue weighted by Crippen LogP contribution is 2.29. The number of carbonyl (C=O) groups excluding carboxylic acids is 1. The van der Waals surface area contributed by atoms with E-state index in [1.54, 1.807) is 39.3 Å². The highest BCUT2D eigenvalue weighted by atomic mass is 32.1. The number of amides is 1. The Hall–Kier alpha value is -2.80. The van der Waals surface area contributed by atoms with Crippen molar-refractivity contribution in [2.45, 2.75) is 13.0 Å². The molecule has 2 N–H and O–H groups in total. The van der Waals surface area contributed by atoms with E-state index in [-0.39, 0.29) is 5.91 Å². The summed E-state index contributed by atoms with van der Waals surface area (Å²) in [5.74, 6) is 1.02. The maximum Gasteiger partial charge on any atom is 0.246 e. The fourth-order valence-electron chi connectivity index (χ4n) is 2.34. The second-order valence-corrected chi connectivity index (χ2v) is 6.44. The van der Waals surface area contributed by atoms with Crippen LogP contribution in [0, 0.1) is 0 Å². The van der Waals surface area contributed by atoms with Crippen molar-refractivity contribution in [2.24, 2.45) is 0 Å². The van der Waals surface area contributed by atoms with Gasteiger partial charge in [0.05, 0.1) is 30.1 Å². The van der Waals surface area contributed by atoms with Gasteiger partial charge in [0.1, 0.15) is 17.5 Å². The number of methoxy groups -OCH3 is 2. The molecule has 1 unspecified atom stereocenters. The predicted molar refractivity (Wildman–Crippen MR) is 101 cm³/mol. The van der Waals surface area contributed by atoms with Crippen molar-refractivity contribution >= 4 is 38.3 Å². The molecule has 0 aliphatic heterocycles. The van der Waals surface area contributed by atoms with E-state index in [2.05, 4.69) is 15.6 Å². The van der Waals surface area contributed by atoms with Crippen molar-refractivity contribution in [3.05, 3.63) is 42.5 Å². The Kier molecular flexibility index (Phi) is 5.04. The molecule has 25 heavy (non-hydrogen) atoms. The van der Waals surface area contributed by atoms with Gasteiger partial charge in [-0.25, -0.2) is 4.98 Å². The monoisotopic (exact) mass is 357 g/mol. The molecule has 6 nitrogen and oxygen atoms in total. The molecule has 0 fully saturated rings. The van der Waals surface area contributed by atoms with Gasteiger partial charge < -0.3 is 20.1 Å². The van der Waals surface area contributed by atoms with E-state index in [1.807, 2.05) is 24.3 Å². The molecular formula is C18H19N3O3S. The maximum atomic E-state index is 12.5. The van der Waals surface area contributed by atoms with Gasteiger partial charge in [-0.1, -0.05) is 23.5 Å². The van der Waals surface area contributed by atoms with Gasteiger partial charge in [-0.15, -0.1) is 0 Å². The second kappa shape index (κ2) is 7.40. The minimum absolute atomic E-state index is 0.189. The molecule has 0 saturated heterocycles. The van der Waals surface area contributed by atoms with Crippen LogP contribution in [0.3, 0.4) is 0 Å². The van der Waals surface area contributed by atoms with Crippen molar-refractivity contribution in [3.8, 4) is 11.5 Å². The van der Waals surface area contributed by atoms with E-state index in [0.29, 0.717) is 22.3 Å². The molecule has 0 bridgehead atoms. The van der Waals surface area contributed by atoms with E-state index in [9.17, 15) is 4.79 Å². The smallest absolute Gasteiger partial charge is 0.246 e. The van der Waals surface area contributed by atoms with Crippen LogP contribution in [0.5, 0.6) is 11.5 Å². The second-order valence-electron chi connectivity index (χ2n) is 5.41. The molecule has 2 aromatic carbocycles. The summed E-state index contributed by atoms with van der Waals surface area (Å²) in [6.45, 7) is 1.79. The zero-order valence-electron chi connectivity index (χ0n) is 14.2. The fraction of sp³-hybridized carbons (Fsp3) is 0.222. The molecule has 0 aliphatic rings. The van der Waals surface area contributed by atoms with Gasteiger partial charge >= 0.3 is 0 Å². The summed E-state index contributed by atoms with van der Waals surface area (Å²) in [5.41, 5.74) is 1.47. The summed E-state index contributed by atoms with van der Waals surface area (Å²) in [5, 5.41) is 6.71. The molecule has 0 radical (unpaired) electrons. The van der Waals surface area contributed by atoms with E-state index in [4.69, 9.17) is 9.47 Å². The molecule has 0 saturated carbocycles. The highest BCUT2D eigenvalue weighted by molar-refractivity contribution is 7.22. The average molecular weight is 357 g/mol. The van der Waals surface area contributed by atoms with Gasteiger partial charge in [0.2, 0.25) is 5.91 Å². The van der Waals surface area contributed by atoms with Crippen molar-refractivity contribution < 1.29 is 14.3 Å². The standard InChI is InChI=1S/C18H19N3O3S/c1-11(19-18-21-13-6-4-5-7-16(13)25-18)17(22)20-14-10-12(23-2)8-9-15(14)24-3/h4-11H,1-3H3,(H,19,21)(H,20,22). The van der Waals surface area contributed by atoms with Gasteiger partial charge in [-0.3, -0.25) is 4.79 Å². The third-order valence-corrected chi connectivity index (χ3v) is 4.66. The first-order valence-corrected chi connectivity index (χ1v) is 8.57. The Morgan fingerprint density at radius 2 is 1.96 bits per heavy atom. The van der Waals surface area contributed by atoms with E-state index >= 15 is 0 Å². The molecule has 1 amide bonds. The van der Waals surface area contributed by atoms with Crippen LogP contribution >= 0.6 is 11.3 Å². The van der Waals surface area contributed by atoms with Crippen LogP contribution in [-0.4, -0.2) is 31.2 Å². The molecule has 1 aromatic heterocycles.